The zero-order valence-electron chi connectivity index (χ0n) is 13.8. The Bertz CT molecular complexity index is 823. The van der Waals surface area contributed by atoms with Gasteiger partial charge in [0, 0.05) is 18.5 Å². The van der Waals surface area contributed by atoms with Gasteiger partial charge >= 0.3 is 0 Å². The summed E-state index contributed by atoms with van der Waals surface area (Å²) in [6.07, 6.45) is 2.06. The molecule has 0 aliphatic carbocycles. The number of thiazole rings is 1. The van der Waals surface area contributed by atoms with Crippen molar-refractivity contribution in [3.8, 4) is 9.88 Å². The molecule has 124 valence electrons. The summed E-state index contributed by atoms with van der Waals surface area (Å²) in [6.45, 7) is 2.50. The number of benzene rings is 1. The van der Waals surface area contributed by atoms with Gasteiger partial charge in [-0.15, -0.1) is 34.4 Å². The fraction of sp³-hybridized carbons (Fsp3) is 0.222. The number of thiophene rings is 1. The van der Waals surface area contributed by atoms with Gasteiger partial charge < -0.3 is 4.90 Å². The number of rotatable bonds is 5. The highest BCUT2D eigenvalue weighted by atomic mass is 32.2. The smallest absolute Gasteiger partial charge is 0.265 e. The lowest BCUT2D eigenvalue weighted by Gasteiger charge is -2.16. The Labute approximate surface area is 154 Å². The van der Waals surface area contributed by atoms with Crippen LogP contribution in [0.3, 0.4) is 0 Å². The second-order valence-electron chi connectivity index (χ2n) is 5.42. The lowest BCUT2D eigenvalue weighted by atomic mass is 10.2. The molecule has 0 saturated heterocycles. The minimum Gasteiger partial charge on any atom is -0.337 e. The van der Waals surface area contributed by atoms with Crippen molar-refractivity contribution in [3.63, 3.8) is 0 Å². The van der Waals surface area contributed by atoms with Crippen LogP contribution in [0.15, 0.2) is 46.7 Å². The number of hydrogen-bond donors (Lipinski definition) is 0. The van der Waals surface area contributed by atoms with Crippen molar-refractivity contribution < 1.29 is 4.79 Å². The topological polar surface area (TPSA) is 33.2 Å². The third-order valence-electron chi connectivity index (χ3n) is 3.65. The molecular formula is C18H18N2OS3. The van der Waals surface area contributed by atoms with Gasteiger partial charge in [0.25, 0.3) is 5.91 Å². The van der Waals surface area contributed by atoms with Crippen molar-refractivity contribution in [2.45, 2.75) is 18.4 Å². The molecule has 0 radical (unpaired) electrons. The second kappa shape index (κ2) is 7.51. The second-order valence-corrected chi connectivity index (χ2v) is 8.25. The molecule has 1 aromatic carbocycles. The highest BCUT2D eigenvalue weighted by molar-refractivity contribution is 7.98. The van der Waals surface area contributed by atoms with E-state index in [2.05, 4.69) is 35.5 Å². The van der Waals surface area contributed by atoms with E-state index < -0.39 is 0 Å². The van der Waals surface area contributed by atoms with E-state index in [9.17, 15) is 4.79 Å². The van der Waals surface area contributed by atoms with Crippen LogP contribution in [0.1, 0.15) is 20.9 Å². The van der Waals surface area contributed by atoms with E-state index in [1.807, 2.05) is 31.5 Å². The quantitative estimate of drug-likeness (QED) is 0.577. The van der Waals surface area contributed by atoms with E-state index in [4.69, 9.17) is 0 Å². The average molecular weight is 375 g/mol. The predicted octanol–water partition coefficient (Wildman–Crippen LogP) is 5.17. The Balaban J connectivity index is 1.75. The highest BCUT2D eigenvalue weighted by Gasteiger charge is 2.20. The summed E-state index contributed by atoms with van der Waals surface area (Å²) >= 11 is 4.84. The Morgan fingerprint density at radius 2 is 2.00 bits per heavy atom. The average Bonchev–Trinajstić information content (AvgIpc) is 3.24. The molecule has 0 aliphatic heterocycles. The van der Waals surface area contributed by atoms with Gasteiger partial charge in [0.2, 0.25) is 0 Å². The van der Waals surface area contributed by atoms with E-state index in [1.165, 1.54) is 16.2 Å². The van der Waals surface area contributed by atoms with Crippen LogP contribution in [0.4, 0.5) is 0 Å². The molecule has 3 nitrogen and oxygen atoms in total. The summed E-state index contributed by atoms with van der Waals surface area (Å²) in [6, 6.07) is 12.4. The summed E-state index contributed by atoms with van der Waals surface area (Å²) in [7, 11) is 1.84. The molecule has 2 aromatic heterocycles. The van der Waals surface area contributed by atoms with Crippen LogP contribution in [0.5, 0.6) is 0 Å². The van der Waals surface area contributed by atoms with Crippen LogP contribution in [0.2, 0.25) is 0 Å². The number of carbonyl (C=O) groups is 1. The highest BCUT2D eigenvalue weighted by Crippen LogP contribution is 2.31. The number of aryl methyl sites for hydroxylation is 1. The Morgan fingerprint density at radius 1 is 1.25 bits per heavy atom. The summed E-state index contributed by atoms with van der Waals surface area (Å²) in [5, 5.41) is 2.95. The lowest BCUT2D eigenvalue weighted by Crippen LogP contribution is -2.26. The maximum Gasteiger partial charge on any atom is 0.265 e. The third-order valence-corrected chi connectivity index (χ3v) is 6.58. The Morgan fingerprint density at radius 3 is 2.62 bits per heavy atom. The van der Waals surface area contributed by atoms with Gasteiger partial charge in [-0.3, -0.25) is 4.79 Å². The molecule has 0 N–H and O–H groups in total. The first-order chi connectivity index (χ1) is 11.6. The minimum atomic E-state index is 0.0294. The zero-order chi connectivity index (χ0) is 17.1. The molecule has 0 unspecified atom stereocenters. The largest absolute Gasteiger partial charge is 0.337 e. The molecule has 3 rings (SSSR count). The molecule has 0 spiro atoms. The number of thioether (sulfide) groups is 1. The summed E-state index contributed by atoms with van der Waals surface area (Å²) in [5.74, 6) is 0.0294. The number of nitrogens with zero attached hydrogens (tertiary/aromatic N) is 2. The fourth-order valence-corrected chi connectivity index (χ4v) is 4.62. The van der Waals surface area contributed by atoms with Crippen LogP contribution in [-0.4, -0.2) is 29.1 Å². The third kappa shape index (κ3) is 3.71. The van der Waals surface area contributed by atoms with Crippen LogP contribution in [-0.2, 0) is 6.54 Å². The van der Waals surface area contributed by atoms with E-state index in [1.54, 1.807) is 28.0 Å². The van der Waals surface area contributed by atoms with Gasteiger partial charge in [0.1, 0.15) is 9.88 Å². The predicted molar refractivity (Wildman–Crippen MR) is 104 cm³/mol. The number of aromatic nitrogens is 1. The molecule has 0 saturated carbocycles. The molecular weight excluding hydrogens is 356 g/mol. The monoisotopic (exact) mass is 374 g/mol. The number of carbonyl (C=O) groups excluding carboxylic acids is 1. The first kappa shape index (κ1) is 17.2. The molecule has 0 atom stereocenters. The van der Waals surface area contributed by atoms with E-state index in [0.717, 1.165) is 26.0 Å². The van der Waals surface area contributed by atoms with Gasteiger partial charge in [-0.1, -0.05) is 18.2 Å². The van der Waals surface area contributed by atoms with Crippen molar-refractivity contribution in [1.82, 2.24) is 9.88 Å². The van der Waals surface area contributed by atoms with Gasteiger partial charge in [0.15, 0.2) is 0 Å². The first-order valence-electron chi connectivity index (χ1n) is 7.48. The van der Waals surface area contributed by atoms with E-state index >= 15 is 0 Å². The fourth-order valence-electron chi connectivity index (χ4n) is 2.35. The number of amides is 1. The molecule has 2 heterocycles. The molecule has 0 fully saturated rings. The van der Waals surface area contributed by atoms with Crippen molar-refractivity contribution >= 4 is 40.3 Å². The van der Waals surface area contributed by atoms with Crippen molar-refractivity contribution in [2.24, 2.45) is 0 Å². The van der Waals surface area contributed by atoms with Crippen LogP contribution in [0, 0.1) is 6.92 Å². The SMILES string of the molecule is CSc1ccc(CN(C)C(=O)c2sc(-c3cccs3)nc2C)cc1. The van der Waals surface area contributed by atoms with Crippen LogP contribution >= 0.6 is 34.4 Å². The number of hydrogen-bond acceptors (Lipinski definition) is 5. The zero-order valence-corrected chi connectivity index (χ0v) is 16.2. The molecule has 6 heteroatoms. The van der Waals surface area contributed by atoms with Crippen molar-refractivity contribution in [1.29, 1.82) is 0 Å². The Kier molecular flexibility index (Phi) is 5.38. The minimum absolute atomic E-state index is 0.0294. The summed E-state index contributed by atoms with van der Waals surface area (Å²) in [5.41, 5.74) is 1.93. The summed E-state index contributed by atoms with van der Waals surface area (Å²) < 4.78 is 0. The molecule has 24 heavy (non-hydrogen) atoms. The van der Waals surface area contributed by atoms with Crippen molar-refractivity contribution in [3.05, 3.63) is 57.9 Å². The normalized spacial score (nSPS) is 10.8. The van der Waals surface area contributed by atoms with Gasteiger partial charge in [-0.05, 0) is 42.3 Å². The van der Waals surface area contributed by atoms with Gasteiger partial charge in [0.05, 0.1) is 10.6 Å². The molecule has 1 amide bonds. The molecule has 0 bridgehead atoms. The molecule has 0 aliphatic rings. The lowest BCUT2D eigenvalue weighted by molar-refractivity contribution is 0.0789. The van der Waals surface area contributed by atoms with E-state index in [-0.39, 0.29) is 5.91 Å². The van der Waals surface area contributed by atoms with Crippen molar-refractivity contribution in [2.75, 3.05) is 13.3 Å². The van der Waals surface area contributed by atoms with Gasteiger partial charge in [-0.25, -0.2) is 4.98 Å². The summed E-state index contributed by atoms with van der Waals surface area (Å²) in [4.78, 5) is 22.2. The maximum absolute atomic E-state index is 12.8. The molecule has 3 aromatic rings. The first-order valence-corrected chi connectivity index (χ1v) is 10.4. The van der Waals surface area contributed by atoms with Crippen LogP contribution in [0.25, 0.3) is 9.88 Å². The van der Waals surface area contributed by atoms with Crippen LogP contribution < -0.4 is 0 Å². The van der Waals surface area contributed by atoms with Gasteiger partial charge in [-0.2, -0.15) is 0 Å². The maximum atomic E-state index is 12.8. The van der Waals surface area contributed by atoms with E-state index in [0.29, 0.717) is 6.54 Å². The standard InChI is InChI=1S/C18H18N2OS3/c1-12-16(24-17(19-12)15-5-4-10-23-15)18(21)20(2)11-13-6-8-14(22-3)9-7-13/h4-10H,11H2,1-3H3. The Hall–Kier alpha value is -1.63.